The molecule has 2 aromatic carbocycles. The van der Waals surface area contributed by atoms with Crippen molar-refractivity contribution in [2.45, 2.75) is 12.8 Å². The van der Waals surface area contributed by atoms with Gasteiger partial charge in [-0.15, -0.1) is 0 Å². The number of hydrogen-bond acceptors (Lipinski definition) is 3. The average Bonchev–Trinajstić information content (AvgIpc) is 2.51. The van der Waals surface area contributed by atoms with Crippen LogP contribution < -0.4 is 4.74 Å². The average molecular weight is 300 g/mol. The van der Waals surface area contributed by atoms with E-state index in [1.165, 1.54) is 7.11 Å². The molecule has 0 heterocycles. The molecule has 2 aromatic rings. The zero-order chi connectivity index (χ0) is 15.4. The van der Waals surface area contributed by atoms with Crippen molar-refractivity contribution >= 4 is 17.4 Å². The van der Waals surface area contributed by atoms with Gasteiger partial charge in [-0.2, -0.15) is 5.26 Å². The molecule has 0 saturated carbocycles. The molecular formula is C17H14ClNO2. The minimum Gasteiger partial charge on any atom is -0.496 e. The van der Waals surface area contributed by atoms with Gasteiger partial charge in [-0.05, 0) is 24.6 Å². The minimum absolute atomic E-state index is 0.288. The lowest BCUT2D eigenvalue weighted by atomic mass is 9.91. The number of ketones is 1. The molecule has 0 saturated heterocycles. The first-order valence-corrected chi connectivity index (χ1v) is 6.79. The number of Topliss-reactive ketones (excluding diaryl/α,β-unsaturated/α-hetero) is 1. The van der Waals surface area contributed by atoms with Gasteiger partial charge in [0.25, 0.3) is 0 Å². The van der Waals surface area contributed by atoms with Gasteiger partial charge in [0.15, 0.2) is 5.78 Å². The van der Waals surface area contributed by atoms with Crippen LogP contribution >= 0.6 is 11.6 Å². The third-order valence-corrected chi connectivity index (χ3v) is 3.70. The Bertz CT molecular complexity index is 719. The number of carbonyl (C=O) groups is 1. The SMILES string of the molecule is COc1ccccc1C(C#N)C(=O)c1ccc(C)c(Cl)c1. The van der Waals surface area contributed by atoms with Crippen LogP contribution in [0.5, 0.6) is 5.75 Å². The molecule has 4 heteroatoms. The van der Waals surface area contributed by atoms with E-state index in [0.29, 0.717) is 21.9 Å². The molecule has 106 valence electrons. The van der Waals surface area contributed by atoms with Gasteiger partial charge in [-0.3, -0.25) is 4.79 Å². The van der Waals surface area contributed by atoms with E-state index in [4.69, 9.17) is 16.3 Å². The van der Waals surface area contributed by atoms with E-state index in [2.05, 4.69) is 6.07 Å². The Labute approximate surface area is 128 Å². The third-order valence-electron chi connectivity index (χ3n) is 3.30. The van der Waals surface area contributed by atoms with E-state index >= 15 is 0 Å². The van der Waals surface area contributed by atoms with Crippen molar-refractivity contribution in [1.29, 1.82) is 5.26 Å². The number of hydrogen-bond donors (Lipinski definition) is 0. The smallest absolute Gasteiger partial charge is 0.184 e. The van der Waals surface area contributed by atoms with Crippen LogP contribution in [0.3, 0.4) is 0 Å². The summed E-state index contributed by atoms with van der Waals surface area (Å²) in [5, 5.41) is 9.91. The van der Waals surface area contributed by atoms with Crippen molar-refractivity contribution in [2.75, 3.05) is 7.11 Å². The van der Waals surface area contributed by atoms with Gasteiger partial charge in [-0.1, -0.05) is 41.9 Å². The predicted molar refractivity (Wildman–Crippen MR) is 81.9 cm³/mol. The number of carbonyl (C=O) groups excluding carboxylic acids is 1. The van der Waals surface area contributed by atoms with Gasteiger partial charge in [0.1, 0.15) is 11.7 Å². The monoisotopic (exact) mass is 299 g/mol. The van der Waals surface area contributed by atoms with Crippen molar-refractivity contribution in [2.24, 2.45) is 0 Å². The summed E-state index contributed by atoms with van der Waals surface area (Å²) < 4.78 is 5.23. The first-order chi connectivity index (χ1) is 10.1. The van der Waals surface area contributed by atoms with Crippen LogP contribution in [0.15, 0.2) is 42.5 Å². The number of ether oxygens (including phenoxy) is 1. The molecule has 0 bridgehead atoms. The highest BCUT2D eigenvalue weighted by molar-refractivity contribution is 6.31. The number of halogens is 1. The maximum absolute atomic E-state index is 12.6. The molecule has 1 atom stereocenters. The van der Waals surface area contributed by atoms with Crippen LogP contribution in [-0.4, -0.2) is 12.9 Å². The number of methoxy groups -OCH3 is 1. The Morgan fingerprint density at radius 2 is 2.00 bits per heavy atom. The summed E-state index contributed by atoms with van der Waals surface area (Å²) in [5.74, 6) is -0.681. The number of nitriles is 1. The number of para-hydroxylation sites is 1. The quantitative estimate of drug-likeness (QED) is 0.797. The fourth-order valence-electron chi connectivity index (χ4n) is 2.09. The molecule has 0 radical (unpaired) electrons. The van der Waals surface area contributed by atoms with E-state index < -0.39 is 5.92 Å². The molecule has 0 fully saturated rings. The lowest BCUT2D eigenvalue weighted by molar-refractivity contribution is 0.0978. The van der Waals surface area contributed by atoms with E-state index in [0.717, 1.165) is 5.56 Å². The second-order valence-electron chi connectivity index (χ2n) is 4.63. The highest BCUT2D eigenvalue weighted by Gasteiger charge is 2.25. The van der Waals surface area contributed by atoms with Crippen LogP contribution in [0.25, 0.3) is 0 Å². The lowest BCUT2D eigenvalue weighted by Crippen LogP contribution is -2.12. The summed E-state index contributed by atoms with van der Waals surface area (Å²) in [4.78, 5) is 12.6. The molecule has 21 heavy (non-hydrogen) atoms. The molecule has 0 aromatic heterocycles. The van der Waals surface area contributed by atoms with Crippen molar-refractivity contribution in [1.82, 2.24) is 0 Å². The molecule has 2 rings (SSSR count). The molecule has 1 unspecified atom stereocenters. The Morgan fingerprint density at radius 1 is 1.29 bits per heavy atom. The summed E-state index contributed by atoms with van der Waals surface area (Å²) in [7, 11) is 1.51. The maximum Gasteiger partial charge on any atom is 0.184 e. The lowest BCUT2D eigenvalue weighted by Gasteiger charge is -2.13. The molecular weight excluding hydrogens is 286 g/mol. The number of rotatable bonds is 4. The Hall–Kier alpha value is -2.31. The summed E-state index contributed by atoms with van der Waals surface area (Å²) in [6.07, 6.45) is 0. The number of benzene rings is 2. The van der Waals surface area contributed by atoms with Crippen LogP contribution in [0.1, 0.15) is 27.4 Å². The third kappa shape index (κ3) is 3.07. The highest BCUT2D eigenvalue weighted by atomic mass is 35.5. The molecule has 0 N–H and O–H groups in total. The van der Waals surface area contributed by atoms with Gasteiger partial charge in [0.05, 0.1) is 13.2 Å². The normalized spacial score (nSPS) is 11.5. The van der Waals surface area contributed by atoms with Crippen LogP contribution in [0.2, 0.25) is 5.02 Å². The molecule has 0 aliphatic rings. The standard InChI is InChI=1S/C17H14ClNO2/c1-11-7-8-12(9-15(11)18)17(20)14(10-19)13-5-3-4-6-16(13)21-2/h3-9,14H,1-2H3. The number of nitrogens with zero attached hydrogens (tertiary/aromatic N) is 1. The van der Waals surface area contributed by atoms with Crippen LogP contribution in [0.4, 0.5) is 0 Å². The Morgan fingerprint density at radius 3 is 2.62 bits per heavy atom. The first-order valence-electron chi connectivity index (χ1n) is 6.41. The zero-order valence-electron chi connectivity index (χ0n) is 11.8. The molecule has 0 aliphatic heterocycles. The van der Waals surface area contributed by atoms with Gasteiger partial charge in [0, 0.05) is 16.1 Å². The van der Waals surface area contributed by atoms with Crippen molar-refractivity contribution in [3.63, 3.8) is 0 Å². The second-order valence-corrected chi connectivity index (χ2v) is 5.04. The summed E-state index contributed by atoms with van der Waals surface area (Å²) in [5.41, 5.74) is 1.87. The Kier molecular flexibility index (Phi) is 4.62. The van der Waals surface area contributed by atoms with E-state index in [-0.39, 0.29) is 5.78 Å². The van der Waals surface area contributed by atoms with Crippen molar-refractivity contribution in [3.8, 4) is 11.8 Å². The Balaban J connectivity index is 2.44. The van der Waals surface area contributed by atoms with Gasteiger partial charge >= 0.3 is 0 Å². The van der Waals surface area contributed by atoms with Crippen molar-refractivity contribution in [3.05, 3.63) is 64.2 Å². The van der Waals surface area contributed by atoms with E-state index in [1.807, 2.05) is 6.92 Å². The van der Waals surface area contributed by atoms with Crippen LogP contribution in [-0.2, 0) is 0 Å². The van der Waals surface area contributed by atoms with E-state index in [1.54, 1.807) is 42.5 Å². The summed E-state index contributed by atoms with van der Waals surface area (Å²) in [6, 6.07) is 14.1. The second kappa shape index (κ2) is 6.43. The topological polar surface area (TPSA) is 50.1 Å². The predicted octanol–water partition coefficient (Wildman–Crippen LogP) is 4.15. The molecule has 0 spiro atoms. The minimum atomic E-state index is -0.917. The van der Waals surface area contributed by atoms with Crippen LogP contribution in [0, 0.1) is 18.3 Å². The van der Waals surface area contributed by atoms with Gasteiger partial charge in [0.2, 0.25) is 0 Å². The first kappa shape index (κ1) is 15.1. The summed E-state index contributed by atoms with van der Waals surface area (Å²) in [6.45, 7) is 1.86. The molecule has 0 amide bonds. The summed E-state index contributed by atoms with van der Waals surface area (Å²) >= 11 is 6.05. The van der Waals surface area contributed by atoms with Gasteiger partial charge in [-0.25, -0.2) is 0 Å². The van der Waals surface area contributed by atoms with Crippen molar-refractivity contribution < 1.29 is 9.53 Å². The fourth-order valence-corrected chi connectivity index (χ4v) is 2.27. The maximum atomic E-state index is 12.6. The highest BCUT2D eigenvalue weighted by Crippen LogP contribution is 2.29. The largest absolute Gasteiger partial charge is 0.496 e. The fraction of sp³-hybridized carbons (Fsp3) is 0.176. The molecule has 3 nitrogen and oxygen atoms in total. The zero-order valence-corrected chi connectivity index (χ0v) is 12.5. The van der Waals surface area contributed by atoms with E-state index in [9.17, 15) is 10.1 Å². The number of aryl methyl sites for hydroxylation is 1. The molecule has 0 aliphatic carbocycles. The van der Waals surface area contributed by atoms with Gasteiger partial charge < -0.3 is 4.74 Å².